The Morgan fingerprint density at radius 2 is 1.97 bits per heavy atom. The number of amides is 2. The van der Waals surface area contributed by atoms with Crippen LogP contribution in [-0.2, 0) is 16.0 Å². The molecule has 160 valence electrons. The molecular formula is C22H27N3O4S. The van der Waals surface area contributed by atoms with Crippen molar-refractivity contribution in [2.45, 2.75) is 51.6 Å². The van der Waals surface area contributed by atoms with Crippen molar-refractivity contribution in [3.8, 4) is 0 Å². The molecule has 1 aliphatic heterocycles. The van der Waals surface area contributed by atoms with Crippen molar-refractivity contribution in [3.05, 3.63) is 52.0 Å². The van der Waals surface area contributed by atoms with Crippen LogP contribution in [0.2, 0.25) is 0 Å². The number of carbonyl (C=O) groups is 3. The van der Waals surface area contributed by atoms with Gasteiger partial charge in [0.05, 0.1) is 12.0 Å². The highest BCUT2D eigenvalue weighted by molar-refractivity contribution is 7.09. The summed E-state index contributed by atoms with van der Waals surface area (Å²) in [5.74, 6) is -3.02. The third-order valence-corrected chi connectivity index (χ3v) is 6.57. The summed E-state index contributed by atoms with van der Waals surface area (Å²) in [6.07, 6.45) is 2.60. The molecule has 0 radical (unpaired) electrons. The van der Waals surface area contributed by atoms with Gasteiger partial charge in [0, 0.05) is 17.1 Å². The van der Waals surface area contributed by atoms with E-state index in [0.29, 0.717) is 10.6 Å². The number of aliphatic carboxylic acids is 1. The van der Waals surface area contributed by atoms with E-state index in [2.05, 4.69) is 4.98 Å². The Kier molecular flexibility index (Phi) is 6.26. The summed E-state index contributed by atoms with van der Waals surface area (Å²) in [5, 5.41) is 12.6. The molecular weight excluding hydrogens is 402 g/mol. The molecule has 0 saturated carbocycles. The van der Waals surface area contributed by atoms with Crippen molar-refractivity contribution in [1.82, 2.24) is 9.88 Å². The maximum Gasteiger partial charge on any atom is 0.329 e. The van der Waals surface area contributed by atoms with E-state index in [4.69, 9.17) is 5.73 Å². The van der Waals surface area contributed by atoms with Gasteiger partial charge in [0.25, 0.3) is 5.91 Å². The van der Waals surface area contributed by atoms with E-state index in [1.54, 1.807) is 23.7 Å². The van der Waals surface area contributed by atoms with Gasteiger partial charge in [-0.15, -0.1) is 11.3 Å². The van der Waals surface area contributed by atoms with Gasteiger partial charge in [-0.25, -0.2) is 9.78 Å². The van der Waals surface area contributed by atoms with Crippen LogP contribution in [0.5, 0.6) is 0 Å². The zero-order valence-corrected chi connectivity index (χ0v) is 18.2. The summed E-state index contributed by atoms with van der Waals surface area (Å²) in [6, 6.07) is 6.33. The lowest BCUT2D eigenvalue weighted by Crippen LogP contribution is -2.54. The molecule has 3 N–H and O–H groups in total. The molecule has 0 aliphatic carbocycles. The highest BCUT2D eigenvalue weighted by Gasteiger charge is 2.61. The second kappa shape index (κ2) is 8.55. The minimum Gasteiger partial charge on any atom is -0.479 e. The number of primary amides is 1. The molecule has 1 fully saturated rings. The standard InChI is InChI=1S/C22H27N3O4S/c1-4-14-5-7-15(8-6-14)20(27)25-17(19-24-9-10-30-19)16(18(23)26)12-22(25,21(28)29)11-13(2)3/h5-10,13,16-17H,4,11-12H2,1-3H3,(H2,23,26)(H,28,29). The van der Waals surface area contributed by atoms with Crippen molar-refractivity contribution in [1.29, 1.82) is 0 Å². The first-order valence-electron chi connectivity index (χ1n) is 10.1. The number of rotatable bonds is 7. The summed E-state index contributed by atoms with van der Waals surface area (Å²) in [4.78, 5) is 44.4. The van der Waals surface area contributed by atoms with Crippen LogP contribution in [0.3, 0.4) is 0 Å². The van der Waals surface area contributed by atoms with Crippen molar-refractivity contribution >= 4 is 29.1 Å². The first-order valence-corrected chi connectivity index (χ1v) is 10.9. The van der Waals surface area contributed by atoms with Gasteiger partial charge in [-0.3, -0.25) is 9.59 Å². The molecule has 3 rings (SSSR count). The number of aromatic nitrogens is 1. The highest BCUT2D eigenvalue weighted by Crippen LogP contribution is 2.50. The number of carboxylic acids is 1. The fraction of sp³-hybridized carbons (Fsp3) is 0.455. The number of carboxylic acid groups (broad SMARTS) is 1. The average molecular weight is 430 g/mol. The molecule has 2 amide bonds. The Hall–Kier alpha value is -2.74. The zero-order chi connectivity index (χ0) is 22.1. The van der Waals surface area contributed by atoms with E-state index >= 15 is 0 Å². The molecule has 1 aromatic heterocycles. The lowest BCUT2D eigenvalue weighted by molar-refractivity contribution is -0.150. The van der Waals surface area contributed by atoms with Gasteiger partial charge in [-0.1, -0.05) is 32.9 Å². The van der Waals surface area contributed by atoms with Crippen molar-refractivity contribution in [2.24, 2.45) is 17.6 Å². The molecule has 8 heteroatoms. The molecule has 7 nitrogen and oxygen atoms in total. The number of thiazole rings is 1. The first-order chi connectivity index (χ1) is 14.2. The van der Waals surface area contributed by atoms with Crippen LogP contribution in [0.15, 0.2) is 35.8 Å². The zero-order valence-electron chi connectivity index (χ0n) is 17.4. The summed E-state index contributed by atoms with van der Waals surface area (Å²) in [7, 11) is 0. The predicted molar refractivity (Wildman–Crippen MR) is 114 cm³/mol. The summed E-state index contributed by atoms with van der Waals surface area (Å²) in [6.45, 7) is 5.82. The minimum atomic E-state index is -1.54. The van der Waals surface area contributed by atoms with Gasteiger partial charge in [0.15, 0.2) is 0 Å². The molecule has 0 bridgehead atoms. The summed E-state index contributed by atoms with van der Waals surface area (Å²) in [5.41, 5.74) is 5.61. The molecule has 2 heterocycles. The van der Waals surface area contributed by atoms with Crippen LogP contribution in [0.1, 0.15) is 60.6 Å². The number of likely N-dealkylation sites (tertiary alicyclic amines) is 1. The Labute approximate surface area is 179 Å². The molecule has 3 unspecified atom stereocenters. The largest absolute Gasteiger partial charge is 0.479 e. The number of hydrogen-bond acceptors (Lipinski definition) is 5. The Bertz CT molecular complexity index is 926. The molecule has 0 spiro atoms. The predicted octanol–water partition coefficient (Wildman–Crippen LogP) is 3.26. The maximum absolute atomic E-state index is 13.7. The van der Waals surface area contributed by atoms with E-state index in [9.17, 15) is 19.5 Å². The maximum atomic E-state index is 13.7. The lowest BCUT2D eigenvalue weighted by atomic mass is 9.83. The van der Waals surface area contributed by atoms with Gasteiger partial charge >= 0.3 is 5.97 Å². The second-order valence-corrected chi connectivity index (χ2v) is 9.11. The van der Waals surface area contributed by atoms with Crippen molar-refractivity contribution in [2.75, 3.05) is 0 Å². The number of benzene rings is 1. The second-order valence-electron chi connectivity index (χ2n) is 8.19. The SMILES string of the molecule is CCc1ccc(C(=O)N2C(c3nccs3)C(C(N)=O)CC2(CC(C)C)C(=O)O)cc1. The fourth-order valence-electron chi connectivity index (χ4n) is 4.42. The van der Waals surface area contributed by atoms with Crippen molar-refractivity contribution < 1.29 is 19.5 Å². The van der Waals surface area contributed by atoms with Crippen LogP contribution in [0, 0.1) is 11.8 Å². The molecule has 3 atom stereocenters. The third-order valence-electron chi connectivity index (χ3n) is 5.72. The molecule has 1 saturated heterocycles. The summed E-state index contributed by atoms with van der Waals surface area (Å²) >= 11 is 1.29. The molecule has 1 aliphatic rings. The number of hydrogen-bond donors (Lipinski definition) is 2. The van der Waals surface area contributed by atoms with Gasteiger partial charge in [-0.2, -0.15) is 0 Å². The van der Waals surface area contributed by atoms with Gasteiger partial charge in [0.1, 0.15) is 10.5 Å². The minimum absolute atomic E-state index is 0.0116. The summed E-state index contributed by atoms with van der Waals surface area (Å²) < 4.78 is 0. The van der Waals surface area contributed by atoms with Crippen molar-refractivity contribution in [3.63, 3.8) is 0 Å². The first kappa shape index (κ1) is 22.0. The Balaban J connectivity index is 2.18. The van der Waals surface area contributed by atoms with E-state index in [1.165, 1.54) is 16.2 Å². The normalized spacial score (nSPS) is 23.7. The van der Waals surface area contributed by atoms with Gasteiger partial charge in [0.2, 0.25) is 5.91 Å². The lowest BCUT2D eigenvalue weighted by Gasteiger charge is -2.38. The quantitative estimate of drug-likeness (QED) is 0.701. The number of aryl methyl sites for hydroxylation is 1. The van der Waals surface area contributed by atoms with E-state index < -0.39 is 35.3 Å². The topological polar surface area (TPSA) is 114 Å². The molecule has 2 aromatic rings. The number of nitrogens with two attached hydrogens (primary N) is 1. The van der Waals surface area contributed by atoms with Crippen LogP contribution < -0.4 is 5.73 Å². The van der Waals surface area contributed by atoms with Crippen LogP contribution in [0.4, 0.5) is 0 Å². The van der Waals surface area contributed by atoms with Crippen LogP contribution in [0.25, 0.3) is 0 Å². The van der Waals surface area contributed by atoms with Crippen LogP contribution in [-0.4, -0.2) is 38.3 Å². The van der Waals surface area contributed by atoms with Crippen LogP contribution >= 0.6 is 11.3 Å². The number of nitrogens with zero attached hydrogens (tertiary/aromatic N) is 2. The Morgan fingerprint density at radius 1 is 1.30 bits per heavy atom. The third kappa shape index (κ3) is 3.84. The Morgan fingerprint density at radius 3 is 2.43 bits per heavy atom. The smallest absolute Gasteiger partial charge is 0.329 e. The fourth-order valence-corrected chi connectivity index (χ4v) is 5.21. The molecule has 1 aromatic carbocycles. The van der Waals surface area contributed by atoms with Gasteiger partial charge in [-0.05, 0) is 42.9 Å². The monoisotopic (exact) mass is 429 g/mol. The van der Waals surface area contributed by atoms with E-state index in [0.717, 1.165) is 12.0 Å². The van der Waals surface area contributed by atoms with E-state index in [-0.39, 0.29) is 18.8 Å². The van der Waals surface area contributed by atoms with E-state index in [1.807, 2.05) is 32.9 Å². The molecule has 30 heavy (non-hydrogen) atoms. The average Bonchev–Trinajstić information content (AvgIpc) is 3.33. The highest BCUT2D eigenvalue weighted by atomic mass is 32.1. The number of carbonyl (C=O) groups excluding carboxylic acids is 2. The van der Waals surface area contributed by atoms with Gasteiger partial charge < -0.3 is 15.7 Å².